The summed E-state index contributed by atoms with van der Waals surface area (Å²) < 4.78 is 0. The normalized spacial score (nSPS) is 18.8. The Balaban J connectivity index is 1.19. The van der Waals surface area contributed by atoms with E-state index in [1.165, 1.54) is 66.8 Å². The summed E-state index contributed by atoms with van der Waals surface area (Å²) in [6.07, 6.45) is 0. The van der Waals surface area contributed by atoms with Crippen molar-refractivity contribution in [3.05, 3.63) is 194 Å². The number of aromatic nitrogens is 3. The van der Waals surface area contributed by atoms with Gasteiger partial charge in [0.25, 0.3) is 0 Å². The molecule has 7 aromatic rings. The van der Waals surface area contributed by atoms with Gasteiger partial charge in [0.1, 0.15) is 0 Å². The molecule has 3 heteroatoms. The fourth-order valence-corrected chi connectivity index (χ4v) is 11.6. The molecule has 6 aromatic carbocycles. The molecule has 0 radical (unpaired) electrons. The molecular weight excluding hydrogens is 727 g/mol. The third kappa shape index (κ3) is 5.23. The minimum absolute atomic E-state index is 0.139. The van der Waals surface area contributed by atoms with E-state index in [0.29, 0.717) is 17.5 Å². The fraction of sp³-hybridized carbons (Fsp3) is 0.316. The summed E-state index contributed by atoms with van der Waals surface area (Å²) in [5.74, 6) is 2.07. The second-order valence-electron chi connectivity index (χ2n) is 21.0. The van der Waals surface area contributed by atoms with Crippen molar-refractivity contribution >= 4 is 0 Å². The van der Waals surface area contributed by atoms with E-state index in [0.717, 1.165) is 16.7 Å². The van der Waals surface area contributed by atoms with Gasteiger partial charge >= 0.3 is 0 Å². The molecule has 0 spiro atoms. The van der Waals surface area contributed by atoms with Crippen LogP contribution in [0.5, 0.6) is 0 Å². The molecule has 1 heterocycles. The van der Waals surface area contributed by atoms with Crippen LogP contribution in [-0.2, 0) is 32.5 Å². The van der Waals surface area contributed by atoms with E-state index in [2.05, 4.69) is 210 Å². The molecule has 0 fully saturated rings. The smallest absolute Gasteiger partial charge is 0.164 e. The maximum absolute atomic E-state index is 5.40. The summed E-state index contributed by atoms with van der Waals surface area (Å²) in [7, 11) is 0. The van der Waals surface area contributed by atoms with Crippen molar-refractivity contribution in [2.24, 2.45) is 0 Å². The van der Waals surface area contributed by atoms with Crippen LogP contribution in [0.2, 0.25) is 0 Å². The van der Waals surface area contributed by atoms with Crippen molar-refractivity contribution in [1.82, 2.24) is 15.0 Å². The topological polar surface area (TPSA) is 38.7 Å². The highest BCUT2D eigenvalue weighted by Crippen LogP contribution is 2.53. The van der Waals surface area contributed by atoms with Gasteiger partial charge in [0, 0.05) is 49.2 Å². The lowest BCUT2D eigenvalue weighted by molar-refractivity contribution is 0.520. The molecule has 0 bridgehead atoms. The van der Waals surface area contributed by atoms with Gasteiger partial charge in [-0.05, 0) is 85.0 Å². The first-order valence-electron chi connectivity index (χ1n) is 21.8. The van der Waals surface area contributed by atoms with Gasteiger partial charge in [0.15, 0.2) is 17.5 Å². The van der Waals surface area contributed by atoms with Gasteiger partial charge in [-0.25, -0.2) is 15.0 Å². The van der Waals surface area contributed by atoms with Gasteiger partial charge in [0.05, 0.1) is 0 Å². The highest BCUT2D eigenvalue weighted by atomic mass is 15.0. The number of nitrogens with zero attached hydrogens (tertiary/aromatic N) is 3. The SMILES string of the molecule is CC1(C)c2ccccc2C(C)(C)c2cc(-c3nc(-c4ccc5c(c4)C(C)(C)c4ccccc4C5(C)C)nc(-c4ccc5c(c4)C(C)(C)c4ccccc4C5(C)C)n3)ccc21. The molecule has 3 aliphatic rings. The van der Waals surface area contributed by atoms with Crippen LogP contribution in [-0.4, -0.2) is 15.0 Å². The average Bonchev–Trinajstić information content (AvgIpc) is 3.24. The van der Waals surface area contributed by atoms with Crippen LogP contribution in [0.1, 0.15) is 150 Å². The largest absolute Gasteiger partial charge is 0.208 e. The zero-order valence-corrected chi connectivity index (χ0v) is 37.5. The van der Waals surface area contributed by atoms with E-state index in [9.17, 15) is 0 Å². The monoisotopic (exact) mass is 783 g/mol. The molecule has 0 atom stereocenters. The van der Waals surface area contributed by atoms with Gasteiger partial charge in [0.2, 0.25) is 0 Å². The third-order valence-corrected chi connectivity index (χ3v) is 15.3. The van der Waals surface area contributed by atoms with Crippen LogP contribution in [0, 0.1) is 0 Å². The van der Waals surface area contributed by atoms with Crippen molar-refractivity contribution in [2.75, 3.05) is 0 Å². The van der Waals surface area contributed by atoms with Crippen molar-refractivity contribution in [2.45, 2.75) is 116 Å². The number of rotatable bonds is 3. The summed E-state index contributed by atoms with van der Waals surface area (Å²) in [6, 6.07) is 47.6. The van der Waals surface area contributed by atoms with Gasteiger partial charge < -0.3 is 0 Å². The predicted octanol–water partition coefficient (Wildman–Crippen LogP) is 13.8. The van der Waals surface area contributed by atoms with Crippen LogP contribution in [0.25, 0.3) is 34.2 Å². The molecular formula is C57H57N3. The summed E-state index contributed by atoms with van der Waals surface area (Å²) >= 11 is 0. The molecule has 0 aliphatic heterocycles. The van der Waals surface area contributed by atoms with E-state index >= 15 is 0 Å². The first-order valence-corrected chi connectivity index (χ1v) is 21.8. The molecule has 10 rings (SSSR count). The van der Waals surface area contributed by atoms with Gasteiger partial charge in [-0.3, -0.25) is 0 Å². The Kier molecular flexibility index (Phi) is 7.99. The summed E-state index contributed by atoms with van der Waals surface area (Å²) in [5.41, 5.74) is 18.3. The molecule has 1 aromatic heterocycles. The second-order valence-corrected chi connectivity index (χ2v) is 21.0. The Morgan fingerprint density at radius 2 is 0.417 bits per heavy atom. The number of hydrogen-bond donors (Lipinski definition) is 0. The van der Waals surface area contributed by atoms with Crippen molar-refractivity contribution < 1.29 is 0 Å². The van der Waals surface area contributed by atoms with Crippen LogP contribution < -0.4 is 0 Å². The first kappa shape index (κ1) is 38.5. The van der Waals surface area contributed by atoms with Gasteiger partial charge in [-0.2, -0.15) is 0 Å². The molecule has 0 unspecified atom stereocenters. The zero-order valence-electron chi connectivity index (χ0n) is 37.5. The van der Waals surface area contributed by atoms with E-state index in [1.807, 2.05) is 0 Å². The molecule has 0 saturated heterocycles. The standard InChI is InChI=1S/C57H57N3/c1-52(2)37-19-13-16-22-40(37)55(7,8)46-31-34(25-28-43(46)52)49-58-50(35-26-29-44-47(32-35)56(9,10)41-23-17-14-20-38(41)53(44,3)4)60-51(59-49)36-27-30-45-48(33-36)57(11,12)42-24-18-15-21-39(42)54(45,5)6/h13-33H,1-12H3. The van der Waals surface area contributed by atoms with Crippen molar-refractivity contribution in [3.63, 3.8) is 0 Å². The van der Waals surface area contributed by atoms with Crippen LogP contribution in [0.4, 0.5) is 0 Å². The maximum Gasteiger partial charge on any atom is 0.164 e. The minimum Gasteiger partial charge on any atom is -0.208 e. The van der Waals surface area contributed by atoms with Crippen LogP contribution in [0.3, 0.4) is 0 Å². The van der Waals surface area contributed by atoms with Gasteiger partial charge in [-0.15, -0.1) is 0 Å². The van der Waals surface area contributed by atoms with Crippen LogP contribution >= 0.6 is 0 Å². The molecule has 3 nitrogen and oxygen atoms in total. The third-order valence-electron chi connectivity index (χ3n) is 15.3. The van der Waals surface area contributed by atoms with Gasteiger partial charge in [-0.1, -0.05) is 192 Å². The Hall–Kier alpha value is -5.67. The van der Waals surface area contributed by atoms with Crippen LogP contribution in [0.15, 0.2) is 127 Å². The Morgan fingerprint density at radius 3 is 0.633 bits per heavy atom. The molecule has 60 heavy (non-hydrogen) atoms. The Bertz CT molecular complexity index is 2610. The quantitative estimate of drug-likeness (QED) is 0.179. The maximum atomic E-state index is 5.40. The van der Waals surface area contributed by atoms with Crippen molar-refractivity contribution in [1.29, 1.82) is 0 Å². The van der Waals surface area contributed by atoms with E-state index in [-0.39, 0.29) is 32.5 Å². The predicted molar refractivity (Wildman–Crippen MR) is 248 cm³/mol. The fourth-order valence-electron chi connectivity index (χ4n) is 11.6. The molecule has 300 valence electrons. The molecule has 0 amide bonds. The summed E-state index contributed by atoms with van der Waals surface area (Å²) in [6.45, 7) is 28.3. The van der Waals surface area contributed by atoms with E-state index in [4.69, 9.17) is 15.0 Å². The lowest BCUT2D eigenvalue weighted by Crippen LogP contribution is -2.36. The number of fused-ring (bicyclic) bond motifs is 6. The molecule has 3 aliphatic carbocycles. The lowest BCUT2D eigenvalue weighted by atomic mass is 9.60. The zero-order chi connectivity index (χ0) is 42.4. The minimum atomic E-state index is -0.198. The van der Waals surface area contributed by atoms with E-state index in [1.54, 1.807) is 0 Å². The number of benzene rings is 6. The first-order chi connectivity index (χ1) is 28.3. The van der Waals surface area contributed by atoms with E-state index < -0.39 is 0 Å². The highest BCUT2D eigenvalue weighted by molar-refractivity contribution is 5.73. The lowest BCUT2D eigenvalue weighted by Gasteiger charge is -2.44. The second kappa shape index (κ2) is 12.4. The Labute approximate surface area is 357 Å². The average molecular weight is 784 g/mol. The molecule has 0 N–H and O–H groups in total. The summed E-state index contributed by atoms with van der Waals surface area (Å²) in [4.78, 5) is 16.2. The number of hydrogen-bond acceptors (Lipinski definition) is 3. The molecule has 0 saturated carbocycles. The summed E-state index contributed by atoms with van der Waals surface area (Å²) in [5, 5.41) is 0. The highest BCUT2D eigenvalue weighted by Gasteiger charge is 2.44. The Morgan fingerprint density at radius 1 is 0.233 bits per heavy atom. The van der Waals surface area contributed by atoms with Crippen molar-refractivity contribution in [3.8, 4) is 34.2 Å².